The minimum Gasteiger partial charge on any atom is -0.454 e. The van der Waals surface area contributed by atoms with Gasteiger partial charge in [-0.25, -0.2) is 9.78 Å². The van der Waals surface area contributed by atoms with Gasteiger partial charge in [-0.2, -0.15) is 0 Å². The van der Waals surface area contributed by atoms with E-state index < -0.39 is 6.03 Å². The molecule has 3 heterocycles. The Morgan fingerprint density at radius 2 is 1.76 bits per heavy atom. The number of nitrogens with one attached hydrogen (secondary N) is 2. The molecule has 1 aromatic heterocycles. The van der Waals surface area contributed by atoms with Gasteiger partial charge in [-0.3, -0.25) is 15.0 Å². The largest absolute Gasteiger partial charge is 0.454 e. The molecule has 9 nitrogen and oxygen atoms in total. The third kappa shape index (κ3) is 5.24. The molecule has 0 radical (unpaired) electrons. The van der Waals surface area contributed by atoms with Crippen LogP contribution in [0.4, 0.5) is 15.6 Å². The topological polar surface area (TPSA) is 96.0 Å². The lowest BCUT2D eigenvalue weighted by Crippen LogP contribution is -2.48. The first-order valence-corrected chi connectivity index (χ1v) is 12.0. The molecule has 1 saturated heterocycles. The second-order valence-electron chi connectivity index (χ2n) is 7.88. The van der Waals surface area contributed by atoms with E-state index in [4.69, 9.17) is 21.1 Å². The monoisotopic (exact) mass is 499 g/mol. The number of carbonyl (C=O) groups is 2. The Bertz CT molecular complexity index is 1190. The van der Waals surface area contributed by atoms with E-state index in [1.54, 1.807) is 34.5 Å². The van der Waals surface area contributed by atoms with Crippen molar-refractivity contribution in [1.29, 1.82) is 0 Å². The normalized spacial score (nSPS) is 15.3. The Labute approximate surface area is 205 Å². The number of amides is 3. The molecule has 3 amide bonds. The van der Waals surface area contributed by atoms with Crippen molar-refractivity contribution < 1.29 is 19.1 Å². The molecule has 0 aliphatic carbocycles. The zero-order valence-corrected chi connectivity index (χ0v) is 19.7. The molecule has 2 aromatic carbocycles. The van der Waals surface area contributed by atoms with E-state index in [-0.39, 0.29) is 12.7 Å². The summed E-state index contributed by atoms with van der Waals surface area (Å²) in [7, 11) is 0. The number of halogens is 1. The summed E-state index contributed by atoms with van der Waals surface area (Å²) in [6, 6.07) is 12.3. The van der Waals surface area contributed by atoms with Crippen LogP contribution in [0.3, 0.4) is 0 Å². The van der Waals surface area contributed by atoms with Crippen LogP contribution in [0.5, 0.6) is 11.5 Å². The van der Waals surface area contributed by atoms with E-state index in [1.165, 1.54) is 11.3 Å². The van der Waals surface area contributed by atoms with Crippen LogP contribution in [0.15, 0.2) is 47.8 Å². The summed E-state index contributed by atoms with van der Waals surface area (Å²) < 4.78 is 10.8. The zero-order chi connectivity index (χ0) is 23.5. The Hall–Kier alpha value is -3.34. The van der Waals surface area contributed by atoms with Crippen LogP contribution in [-0.2, 0) is 6.54 Å². The average molecular weight is 500 g/mol. The average Bonchev–Trinajstić information content (AvgIpc) is 3.50. The fourth-order valence-electron chi connectivity index (χ4n) is 3.79. The van der Waals surface area contributed by atoms with Gasteiger partial charge in [0.05, 0.1) is 0 Å². The number of nitrogens with zero attached hydrogens (tertiary/aromatic N) is 3. The maximum Gasteiger partial charge on any atom is 0.325 e. The van der Waals surface area contributed by atoms with Crippen LogP contribution in [0.2, 0.25) is 5.02 Å². The van der Waals surface area contributed by atoms with E-state index in [0.717, 1.165) is 36.7 Å². The van der Waals surface area contributed by atoms with Crippen LogP contribution >= 0.6 is 22.9 Å². The summed E-state index contributed by atoms with van der Waals surface area (Å²) in [4.78, 5) is 33.5. The van der Waals surface area contributed by atoms with Crippen molar-refractivity contribution in [3.05, 3.63) is 64.1 Å². The van der Waals surface area contributed by atoms with Crippen molar-refractivity contribution in [3.8, 4) is 11.5 Å². The lowest BCUT2D eigenvalue weighted by Gasteiger charge is -2.34. The highest BCUT2D eigenvalue weighted by Crippen LogP contribution is 2.33. The van der Waals surface area contributed by atoms with Gasteiger partial charge >= 0.3 is 6.03 Å². The number of rotatable bonds is 5. The lowest BCUT2D eigenvalue weighted by atomic mass is 10.1. The maximum absolute atomic E-state index is 12.9. The number of ether oxygens (including phenoxy) is 2. The van der Waals surface area contributed by atoms with Gasteiger partial charge in [0.2, 0.25) is 6.79 Å². The molecule has 3 aromatic rings. The van der Waals surface area contributed by atoms with Gasteiger partial charge in [-0.15, -0.1) is 11.3 Å². The number of carbonyl (C=O) groups excluding carboxylic acids is 2. The molecular formula is C23H22ClN5O4S. The molecule has 0 unspecified atom stereocenters. The summed E-state index contributed by atoms with van der Waals surface area (Å²) in [5.41, 5.74) is 2.08. The molecule has 2 N–H and O–H groups in total. The lowest BCUT2D eigenvalue weighted by molar-refractivity contribution is 0.0623. The van der Waals surface area contributed by atoms with Crippen LogP contribution in [0.1, 0.15) is 16.1 Å². The SMILES string of the molecule is O=C(Nc1ccc(Cl)cc1)Nc1nc(C(=O)N2CCN(Cc3ccc4c(c3)OCO4)CC2)cs1. The number of benzene rings is 2. The molecule has 176 valence electrons. The molecule has 34 heavy (non-hydrogen) atoms. The molecule has 11 heteroatoms. The highest BCUT2D eigenvalue weighted by atomic mass is 35.5. The first-order chi connectivity index (χ1) is 16.5. The quantitative estimate of drug-likeness (QED) is 0.548. The number of aromatic nitrogens is 1. The zero-order valence-electron chi connectivity index (χ0n) is 18.1. The summed E-state index contributed by atoms with van der Waals surface area (Å²) in [6.45, 7) is 3.80. The van der Waals surface area contributed by atoms with Crippen molar-refractivity contribution in [3.63, 3.8) is 0 Å². The van der Waals surface area contributed by atoms with Gasteiger partial charge in [0.25, 0.3) is 5.91 Å². The minimum absolute atomic E-state index is 0.134. The number of piperazine rings is 1. The molecule has 0 bridgehead atoms. The molecule has 0 spiro atoms. The maximum atomic E-state index is 12.9. The Morgan fingerprint density at radius 3 is 2.56 bits per heavy atom. The molecule has 1 fully saturated rings. The predicted molar refractivity (Wildman–Crippen MR) is 130 cm³/mol. The van der Waals surface area contributed by atoms with Crippen LogP contribution in [0, 0.1) is 0 Å². The van der Waals surface area contributed by atoms with Crippen molar-refractivity contribution in [2.24, 2.45) is 0 Å². The molecule has 0 saturated carbocycles. The molecule has 2 aliphatic rings. The van der Waals surface area contributed by atoms with Crippen molar-refractivity contribution in [1.82, 2.24) is 14.8 Å². The Morgan fingerprint density at radius 1 is 1.00 bits per heavy atom. The number of urea groups is 1. The first-order valence-electron chi connectivity index (χ1n) is 10.7. The number of anilines is 2. The van der Waals surface area contributed by atoms with E-state index in [1.807, 2.05) is 18.2 Å². The summed E-state index contributed by atoms with van der Waals surface area (Å²) in [5, 5.41) is 7.97. The fraction of sp³-hybridized carbons (Fsp3) is 0.261. The van der Waals surface area contributed by atoms with Gasteiger partial charge in [0.15, 0.2) is 16.6 Å². The predicted octanol–water partition coefficient (Wildman–Crippen LogP) is 4.13. The van der Waals surface area contributed by atoms with Crippen molar-refractivity contribution in [2.45, 2.75) is 6.54 Å². The number of hydrogen-bond acceptors (Lipinski definition) is 7. The molecular weight excluding hydrogens is 478 g/mol. The van der Waals surface area contributed by atoms with Gasteiger partial charge in [-0.05, 0) is 42.0 Å². The smallest absolute Gasteiger partial charge is 0.325 e. The second-order valence-corrected chi connectivity index (χ2v) is 9.17. The number of thiazole rings is 1. The van der Waals surface area contributed by atoms with Crippen LogP contribution < -0.4 is 20.1 Å². The van der Waals surface area contributed by atoms with Crippen molar-refractivity contribution in [2.75, 3.05) is 43.6 Å². The number of fused-ring (bicyclic) bond motifs is 1. The van der Waals surface area contributed by atoms with Gasteiger partial charge in [0, 0.05) is 48.8 Å². The van der Waals surface area contributed by atoms with Crippen LogP contribution in [-0.4, -0.2) is 59.7 Å². The standard InChI is InChI=1S/C23H22ClN5O4S/c24-16-2-4-17(5-3-16)25-22(31)27-23-26-18(13-34-23)21(30)29-9-7-28(8-10-29)12-15-1-6-19-20(11-15)33-14-32-19/h1-6,11,13H,7-10,12,14H2,(H2,25,26,27,31). The van der Waals surface area contributed by atoms with Gasteiger partial charge in [0.1, 0.15) is 5.69 Å². The number of hydrogen-bond donors (Lipinski definition) is 2. The molecule has 2 aliphatic heterocycles. The van der Waals surface area contributed by atoms with Crippen molar-refractivity contribution >= 4 is 45.7 Å². The summed E-state index contributed by atoms with van der Waals surface area (Å²) in [6.07, 6.45) is 0. The third-order valence-electron chi connectivity index (χ3n) is 5.55. The Balaban J connectivity index is 1.11. The first kappa shape index (κ1) is 22.5. The fourth-order valence-corrected chi connectivity index (χ4v) is 4.60. The van der Waals surface area contributed by atoms with E-state index >= 15 is 0 Å². The van der Waals surface area contributed by atoms with E-state index in [9.17, 15) is 9.59 Å². The summed E-state index contributed by atoms with van der Waals surface area (Å²) >= 11 is 7.06. The molecule has 0 atom stereocenters. The summed E-state index contributed by atoms with van der Waals surface area (Å²) in [5.74, 6) is 1.42. The second kappa shape index (κ2) is 9.88. The minimum atomic E-state index is -0.437. The van der Waals surface area contributed by atoms with Gasteiger partial charge < -0.3 is 19.7 Å². The third-order valence-corrected chi connectivity index (χ3v) is 6.56. The van der Waals surface area contributed by atoms with E-state index in [0.29, 0.717) is 34.6 Å². The van der Waals surface area contributed by atoms with Crippen LogP contribution in [0.25, 0.3) is 0 Å². The Kier molecular flexibility index (Phi) is 6.52. The van der Waals surface area contributed by atoms with E-state index in [2.05, 4.69) is 20.5 Å². The highest BCUT2D eigenvalue weighted by Gasteiger charge is 2.24. The highest BCUT2D eigenvalue weighted by molar-refractivity contribution is 7.14. The van der Waals surface area contributed by atoms with Gasteiger partial charge in [-0.1, -0.05) is 17.7 Å². The molecule has 5 rings (SSSR count).